The van der Waals surface area contributed by atoms with Crippen molar-refractivity contribution in [1.82, 2.24) is 5.32 Å². The van der Waals surface area contributed by atoms with Crippen LogP contribution < -0.4 is 11.1 Å². The van der Waals surface area contributed by atoms with Crippen LogP contribution in [0.25, 0.3) is 0 Å². The summed E-state index contributed by atoms with van der Waals surface area (Å²) >= 11 is 0. The fraction of sp³-hybridized carbons (Fsp3) is 0.933. The average Bonchev–Trinajstić information content (AvgIpc) is 2.11. The first-order chi connectivity index (χ1) is 8.13. The summed E-state index contributed by atoms with van der Waals surface area (Å²) in [5, 5.41) is 3.20. The van der Waals surface area contributed by atoms with Gasteiger partial charge in [-0.1, -0.05) is 34.6 Å². The van der Waals surface area contributed by atoms with Crippen LogP contribution in [0.4, 0.5) is 0 Å². The lowest BCUT2D eigenvalue weighted by Gasteiger charge is -2.45. The number of rotatable bonds is 4. The number of carbonyl (C=O) groups excluding carboxylic acids is 1. The van der Waals surface area contributed by atoms with Crippen LogP contribution in [0.5, 0.6) is 0 Å². The largest absolute Gasteiger partial charge is 0.353 e. The molecule has 3 nitrogen and oxygen atoms in total. The third-order valence-electron chi connectivity index (χ3n) is 3.86. The molecular weight excluding hydrogens is 224 g/mol. The molecule has 0 aromatic heterocycles. The lowest BCUT2D eigenvalue weighted by Crippen LogP contribution is -2.46. The highest BCUT2D eigenvalue weighted by molar-refractivity contribution is 5.76. The Morgan fingerprint density at radius 2 is 1.78 bits per heavy atom. The molecule has 0 aromatic carbocycles. The summed E-state index contributed by atoms with van der Waals surface area (Å²) in [6, 6.07) is 0.321. The van der Waals surface area contributed by atoms with Gasteiger partial charge in [-0.15, -0.1) is 0 Å². The maximum atomic E-state index is 11.9. The fourth-order valence-corrected chi connectivity index (χ4v) is 3.63. The first-order valence-electron chi connectivity index (χ1n) is 7.13. The van der Waals surface area contributed by atoms with Crippen molar-refractivity contribution in [1.29, 1.82) is 0 Å². The quantitative estimate of drug-likeness (QED) is 0.810. The van der Waals surface area contributed by atoms with Gasteiger partial charge in [-0.25, -0.2) is 0 Å². The highest BCUT2D eigenvalue weighted by atomic mass is 16.1. The maximum absolute atomic E-state index is 11.9. The second-order valence-electron chi connectivity index (χ2n) is 7.72. The van der Waals surface area contributed by atoms with Crippen LogP contribution in [0.2, 0.25) is 0 Å². The molecule has 1 aliphatic carbocycles. The van der Waals surface area contributed by atoms with Gasteiger partial charge in [-0.2, -0.15) is 0 Å². The number of nitrogens with one attached hydrogen (secondary N) is 1. The molecule has 106 valence electrons. The first kappa shape index (κ1) is 15.5. The highest BCUT2D eigenvalue weighted by Crippen LogP contribution is 2.45. The Labute approximate surface area is 112 Å². The van der Waals surface area contributed by atoms with Crippen LogP contribution in [0, 0.1) is 16.7 Å². The number of carbonyl (C=O) groups is 1. The van der Waals surface area contributed by atoms with E-state index in [1.807, 2.05) is 6.92 Å². The summed E-state index contributed by atoms with van der Waals surface area (Å²) in [6.07, 6.45) is 3.94. The Morgan fingerprint density at radius 1 is 1.28 bits per heavy atom. The van der Waals surface area contributed by atoms with Crippen LogP contribution >= 0.6 is 0 Å². The van der Waals surface area contributed by atoms with Crippen LogP contribution in [0.15, 0.2) is 0 Å². The summed E-state index contributed by atoms with van der Waals surface area (Å²) in [6.45, 7) is 11.8. The van der Waals surface area contributed by atoms with Gasteiger partial charge in [0.15, 0.2) is 0 Å². The minimum atomic E-state index is 0.159. The van der Waals surface area contributed by atoms with Crippen molar-refractivity contribution in [3.63, 3.8) is 0 Å². The van der Waals surface area contributed by atoms with E-state index in [1.165, 1.54) is 6.42 Å². The molecule has 0 aromatic rings. The van der Waals surface area contributed by atoms with Gasteiger partial charge < -0.3 is 11.1 Å². The molecular formula is C15H30N2O. The maximum Gasteiger partial charge on any atom is 0.220 e. The normalized spacial score (nSPS) is 24.6. The number of nitrogens with two attached hydrogens (primary N) is 1. The van der Waals surface area contributed by atoms with E-state index < -0.39 is 0 Å². The summed E-state index contributed by atoms with van der Waals surface area (Å²) in [4.78, 5) is 11.9. The first-order valence-corrected chi connectivity index (χ1v) is 7.13. The monoisotopic (exact) mass is 254 g/mol. The smallest absolute Gasteiger partial charge is 0.220 e. The Hall–Kier alpha value is -0.570. The summed E-state index contributed by atoms with van der Waals surface area (Å²) in [5.41, 5.74) is 6.20. The molecule has 0 heterocycles. The predicted octanol–water partition coefficient (Wildman–Crippen LogP) is 2.69. The minimum absolute atomic E-state index is 0.159. The highest BCUT2D eigenvalue weighted by Gasteiger charge is 2.38. The summed E-state index contributed by atoms with van der Waals surface area (Å²) in [7, 11) is 0. The second-order valence-corrected chi connectivity index (χ2v) is 7.72. The number of hydrogen-bond acceptors (Lipinski definition) is 2. The number of hydrogen-bond donors (Lipinski definition) is 2. The van der Waals surface area contributed by atoms with Gasteiger partial charge in [0, 0.05) is 12.5 Å². The molecule has 3 heteroatoms. The molecule has 18 heavy (non-hydrogen) atoms. The van der Waals surface area contributed by atoms with Crippen molar-refractivity contribution in [2.45, 2.75) is 66.3 Å². The molecule has 1 aliphatic rings. The van der Waals surface area contributed by atoms with Gasteiger partial charge >= 0.3 is 0 Å². The zero-order chi connectivity index (χ0) is 14.0. The van der Waals surface area contributed by atoms with Crippen LogP contribution in [0.3, 0.4) is 0 Å². The lowest BCUT2D eigenvalue weighted by molar-refractivity contribution is -0.123. The van der Waals surface area contributed by atoms with E-state index in [0.717, 1.165) is 12.8 Å². The van der Waals surface area contributed by atoms with E-state index in [2.05, 4.69) is 33.0 Å². The molecule has 1 unspecified atom stereocenters. The van der Waals surface area contributed by atoms with E-state index in [4.69, 9.17) is 5.73 Å². The Kier molecular flexibility index (Phi) is 4.82. The molecule has 1 saturated carbocycles. The third kappa shape index (κ3) is 4.97. The number of amides is 1. The molecule has 0 saturated heterocycles. The van der Waals surface area contributed by atoms with Crippen molar-refractivity contribution in [2.24, 2.45) is 22.5 Å². The molecule has 0 radical (unpaired) electrons. The molecule has 1 rings (SSSR count). The van der Waals surface area contributed by atoms with Gasteiger partial charge in [0.05, 0.1) is 0 Å². The molecule has 0 aliphatic heterocycles. The minimum Gasteiger partial charge on any atom is -0.353 e. The zero-order valence-electron chi connectivity index (χ0n) is 12.7. The van der Waals surface area contributed by atoms with Gasteiger partial charge in [-0.05, 0) is 42.6 Å². The molecule has 0 bridgehead atoms. The molecule has 1 fully saturated rings. The Morgan fingerprint density at radius 3 is 2.22 bits per heavy atom. The SMILES string of the molecule is CC(CN)CC(=O)NC1CC(C)(C)CC(C)(C)C1. The van der Waals surface area contributed by atoms with Crippen molar-refractivity contribution < 1.29 is 4.79 Å². The topological polar surface area (TPSA) is 55.1 Å². The van der Waals surface area contributed by atoms with E-state index in [-0.39, 0.29) is 11.8 Å². The molecule has 0 spiro atoms. The lowest BCUT2D eigenvalue weighted by atomic mass is 9.63. The van der Waals surface area contributed by atoms with Crippen molar-refractivity contribution in [3.8, 4) is 0 Å². The Bertz CT molecular complexity index is 281. The summed E-state index contributed by atoms with van der Waals surface area (Å²) in [5.74, 6) is 0.432. The van der Waals surface area contributed by atoms with E-state index >= 15 is 0 Å². The van der Waals surface area contributed by atoms with Crippen LogP contribution in [-0.2, 0) is 4.79 Å². The van der Waals surface area contributed by atoms with Gasteiger partial charge in [-0.3, -0.25) is 4.79 Å². The fourth-order valence-electron chi connectivity index (χ4n) is 3.63. The Balaban J connectivity index is 2.54. The predicted molar refractivity (Wildman–Crippen MR) is 76.2 cm³/mol. The average molecular weight is 254 g/mol. The third-order valence-corrected chi connectivity index (χ3v) is 3.86. The van der Waals surface area contributed by atoms with Gasteiger partial charge in [0.25, 0.3) is 0 Å². The summed E-state index contributed by atoms with van der Waals surface area (Å²) < 4.78 is 0. The van der Waals surface area contributed by atoms with E-state index in [1.54, 1.807) is 0 Å². The zero-order valence-corrected chi connectivity index (χ0v) is 12.7. The van der Waals surface area contributed by atoms with Crippen molar-refractivity contribution in [3.05, 3.63) is 0 Å². The molecule has 1 atom stereocenters. The molecule has 1 amide bonds. The van der Waals surface area contributed by atoms with Gasteiger partial charge in [0.2, 0.25) is 5.91 Å². The standard InChI is InChI=1S/C15H30N2O/c1-11(9-16)6-13(18)17-12-7-14(2,3)10-15(4,5)8-12/h11-12H,6-10,16H2,1-5H3,(H,17,18). The van der Waals surface area contributed by atoms with Crippen LogP contribution in [0.1, 0.15) is 60.3 Å². The van der Waals surface area contributed by atoms with Crippen molar-refractivity contribution in [2.75, 3.05) is 6.54 Å². The van der Waals surface area contributed by atoms with Gasteiger partial charge in [0.1, 0.15) is 0 Å². The second kappa shape index (κ2) is 5.60. The van der Waals surface area contributed by atoms with E-state index in [9.17, 15) is 4.79 Å². The van der Waals surface area contributed by atoms with Crippen LogP contribution in [-0.4, -0.2) is 18.5 Å². The van der Waals surface area contributed by atoms with E-state index in [0.29, 0.717) is 29.8 Å². The van der Waals surface area contributed by atoms with Crippen molar-refractivity contribution >= 4 is 5.91 Å². The molecule has 3 N–H and O–H groups in total.